The zero-order valence-electron chi connectivity index (χ0n) is 7.27. The molecule has 0 bridgehead atoms. The number of aliphatic imine (C=N–C) groups is 1. The summed E-state index contributed by atoms with van der Waals surface area (Å²) in [6.07, 6.45) is 1.46. The summed E-state index contributed by atoms with van der Waals surface area (Å²) in [6, 6.07) is 11.8. The Kier molecular flexibility index (Phi) is 3.46. The number of benzene rings is 1. The van der Waals surface area contributed by atoms with E-state index in [1.165, 1.54) is 6.08 Å². The molecule has 0 heterocycles. The summed E-state index contributed by atoms with van der Waals surface area (Å²) in [5.74, 6) is 0. The van der Waals surface area contributed by atoms with Gasteiger partial charge in [0.25, 0.3) is 0 Å². The van der Waals surface area contributed by atoms with Gasteiger partial charge >= 0.3 is 0 Å². The first-order valence-corrected chi connectivity index (χ1v) is 3.97. The van der Waals surface area contributed by atoms with Crippen LogP contribution < -0.4 is 0 Å². The van der Waals surface area contributed by atoms with E-state index in [-0.39, 0.29) is 0 Å². The lowest BCUT2D eigenvalue weighted by Crippen LogP contribution is -1.89. The molecule has 0 aromatic heterocycles. The van der Waals surface area contributed by atoms with E-state index in [4.69, 9.17) is 5.26 Å². The highest BCUT2D eigenvalue weighted by Gasteiger charge is 1.90. The van der Waals surface area contributed by atoms with Crippen LogP contribution in [0.25, 0.3) is 0 Å². The van der Waals surface area contributed by atoms with Crippen molar-refractivity contribution >= 4 is 5.71 Å². The largest absolute Gasteiger partial charge is 0.269 e. The molecular weight excluding hydrogens is 160 g/mol. The van der Waals surface area contributed by atoms with Gasteiger partial charge in [-0.05, 0) is 11.6 Å². The molecule has 0 aliphatic heterocycles. The molecule has 1 aromatic rings. The standard InChI is InChI=1S/C11H10N2/c1-2-11(8-12)13-9-10-6-4-3-5-7-10/h2-7H,1,9H2. The Bertz CT molecular complexity index is 344. The summed E-state index contributed by atoms with van der Waals surface area (Å²) in [6.45, 7) is 4.03. The van der Waals surface area contributed by atoms with Crippen LogP contribution in [0.5, 0.6) is 0 Å². The van der Waals surface area contributed by atoms with Gasteiger partial charge in [0.15, 0.2) is 0 Å². The topological polar surface area (TPSA) is 36.1 Å². The van der Waals surface area contributed by atoms with E-state index in [0.29, 0.717) is 12.3 Å². The molecule has 1 rings (SSSR count). The van der Waals surface area contributed by atoms with Crippen molar-refractivity contribution in [3.63, 3.8) is 0 Å². The molecule has 0 unspecified atom stereocenters. The average Bonchev–Trinajstić information content (AvgIpc) is 2.21. The molecule has 0 N–H and O–H groups in total. The summed E-state index contributed by atoms with van der Waals surface area (Å²) in [5, 5.41) is 8.55. The minimum atomic E-state index is 0.379. The zero-order chi connectivity index (χ0) is 9.52. The van der Waals surface area contributed by atoms with Crippen molar-refractivity contribution in [1.29, 1.82) is 5.26 Å². The Morgan fingerprint density at radius 2 is 2.15 bits per heavy atom. The van der Waals surface area contributed by atoms with Crippen LogP contribution >= 0.6 is 0 Å². The fraction of sp³-hybridized carbons (Fsp3) is 0.0909. The van der Waals surface area contributed by atoms with Crippen molar-refractivity contribution in [1.82, 2.24) is 0 Å². The molecule has 0 saturated carbocycles. The summed E-state index contributed by atoms with van der Waals surface area (Å²) in [4.78, 5) is 4.07. The van der Waals surface area contributed by atoms with Gasteiger partial charge < -0.3 is 0 Å². The normalized spacial score (nSPS) is 10.5. The van der Waals surface area contributed by atoms with Crippen LogP contribution in [0.4, 0.5) is 0 Å². The van der Waals surface area contributed by atoms with Crippen molar-refractivity contribution in [2.24, 2.45) is 4.99 Å². The maximum Gasteiger partial charge on any atom is 0.134 e. The van der Waals surface area contributed by atoms with Gasteiger partial charge in [-0.2, -0.15) is 5.26 Å². The molecule has 64 valence electrons. The second kappa shape index (κ2) is 4.89. The first-order valence-electron chi connectivity index (χ1n) is 3.97. The average molecular weight is 170 g/mol. The smallest absolute Gasteiger partial charge is 0.134 e. The first kappa shape index (κ1) is 9.21. The molecule has 0 aliphatic rings. The number of hydrogen-bond donors (Lipinski definition) is 0. The molecule has 0 amide bonds. The lowest BCUT2D eigenvalue weighted by atomic mass is 10.2. The second-order valence-electron chi connectivity index (χ2n) is 2.50. The Morgan fingerprint density at radius 1 is 1.46 bits per heavy atom. The maximum atomic E-state index is 8.55. The molecule has 13 heavy (non-hydrogen) atoms. The molecule has 2 nitrogen and oxygen atoms in total. The van der Waals surface area contributed by atoms with Gasteiger partial charge in [0.05, 0.1) is 6.54 Å². The molecular formula is C11H10N2. The number of nitriles is 1. The minimum absolute atomic E-state index is 0.379. The molecule has 0 saturated heterocycles. The Labute approximate surface area is 77.9 Å². The van der Waals surface area contributed by atoms with Crippen LogP contribution in [0.2, 0.25) is 0 Å². The highest BCUT2D eigenvalue weighted by atomic mass is 14.7. The molecule has 0 fully saturated rings. The van der Waals surface area contributed by atoms with Crippen LogP contribution in [0, 0.1) is 11.3 Å². The lowest BCUT2D eigenvalue weighted by Gasteiger charge is -1.94. The first-order chi connectivity index (χ1) is 6.36. The SMILES string of the molecule is C=CC(C#N)=NCc1ccccc1. The van der Waals surface area contributed by atoms with E-state index in [1.807, 2.05) is 36.4 Å². The number of nitrogens with zero attached hydrogens (tertiary/aromatic N) is 2. The molecule has 2 heteroatoms. The summed E-state index contributed by atoms with van der Waals surface area (Å²) < 4.78 is 0. The van der Waals surface area contributed by atoms with E-state index in [9.17, 15) is 0 Å². The fourth-order valence-corrected chi connectivity index (χ4v) is 0.905. The fourth-order valence-electron chi connectivity index (χ4n) is 0.905. The van der Waals surface area contributed by atoms with Crippen LogP contribution in [0.1, 0.15) is 5.56 Å². The molecule has 0 atom stereocenters. The van der Waals surface area contributed by atoms with E-state index in [0.717, 1.165) is 5.56 Å². The van der Waals surface area contributed by atoms with Crippen LogP contribution in [-0.4, -0.2) is 5.71 Å². The van der Waals surface area contributed by atoms with Crippen LogP contribution in [0.3, 0.4) is 0 Å². The van der Waals surface area contributed by atoms with Gasteiger partial charge in [-0.3, -0.25) is 4.99 Å². The maximum absolute atomic E-state index is 8.55. The predicted octanol–water partition coefficient (Wildman–Crippen LogP) is 2.34. The monoisotopic (exact) mass is 170 g/mol. The predicted molar refractivity (Wildman–Crippen MR) is 53.4 cm³/mol. The Balaban J connectivity index is 2.67. The van der Waals surface area contributed by atoms with Gasteiger partial charge in [-0.1, -0.05) is 36.9 Å². The number of allylic oxidation sites excluding steroid dienone is 1. The molecule has 1 aromatic carbocycles. The minimum Gasteiger partial charge on any atom is -0.269 e. The van der Waals surface area contributed by atoms with Gasteiger partial charge in [0, 0.05) is 0 Å². The second-order valence-corrected chi connectivity index (χ2v) is 2.50. The highest BCUT2D eigenvalue weighted by Crippen LogP contribution is 2.00. The van der Waals surface area contributed by atoms with E-state index in [1.54, 1.807) is 0 Å². The highest BCUT2D eigenvalue weighted by molar-refractivity contribution is 6.06. The molecule has 0 aliphatic carbocycles. The van der Waals surface area contributed by atoms with Crippen molar-refractivity contribution in [2.75, 3.05) is 0 Å². The van der Waals surface area contributed by atoms with Gasteiger partial charge in [0.1, 0.15) is 11.8 Å². The number of rotatable bonds is 3. The Morgan fingerprint density at radius 3 is 2.69 bits per heavy atom. The third-order valence-corrected chi connectivity index (χ3v) is 1.58. The quantitative estimate of drug-likeness (QED) is 0.641. The number of hydrogen-bond acceptors (Lipinski definition) is 2. The molecule has 0 spiro atoms. The van der Waals surface area contributed by atoms with E-state index in [2.05, 4.69) is 11.6 Å². The van der Waals surface area contributed by atoms with E-state index < -0.39 is 0 Å². The van der Waals surface area contributed by atoms with Crippen molar-refractivity contribution in [2.45, 2.75) is 6.54 Å². The van der Waals surface area contributed by atoms with Crippen LogP contribution in [0.15, 0.2) is 48.0 Å². The Hall–Kier alpha value is -1.88. The van der Waals surface area contributed by atoms with Gasteiger partial charge in [-0.15, -0.1) is 0 Å². The summed E-state index contributed by atoms with van der Waals surface area (Å²) in [7, 11) is 0. The van der Waals surface area contributed by atoms with Gasteiger partial charge in [0.2, 0.25) is 0 Å². The van der Waals surface area contributed by atoms with Crippen molar-refractivity contribution in [3.8, 4) is 6.07 Å². The van der Waals surface area contributed by atoms with E-state index >= 15 is 0 Å². The van der Waals surface area contributed by atoms with Gasteiger partial charge in [-0.25, -0.2) is 0 Å². The zero-order valence-corrected chi connectivity index (χ0v) is 7.27. The third-order valence-electron chi connectivity index (χ3n) is 1.58. The van der Waals surface area contributed by atoms with Crippen LogP contribution in [-0.2, 0) is 6.54 Å². The third kappa shape index (κ3) is 2.92. The summed E-state index contributed by atoms with van der Waals surface area (Å²) in [5.41, 5.74) is 1.47. The van der Waals surface area contributed by atoms with Crippen molar-refractivity contribution in [3.05, 3.63) is 48.6 Å². The summed E-state index contributed by atoms with van der Waals surface area (Å²) >= 11 is 0. The lowest BCUT2D eigenvalue weighted by molar-refractivity contribution is 1.07. The van der Waals surface area contributed by atoms with Crippen molar-refractivity contribution < 1.29 is 0 Å². The molecule has 0 radical (unpaired) electrons.